The summed E-state index contributed by atoms with van der Waals surface area (Å²) in [5, 5.41) is 10.3. The van der Waals surface area contributed by atoms with Gasteiger partial charge in [0.1, 0.15) is 0 Å². The quantitative estimate of drug-likeness (QED) is 0.702. The summed E-state index contributed by atoms with van der Waals surface area (Å²) in [4.78, 5) is 12.0. The van der Waals surface area contributed by atoms with Crippen LogP contribution in [-0.4, -0.2) is 29.8 Å². The maximum atomic E-state index is 12.0. The number of anilines is 1. The maximum Gasteiger partial charge on any atom is 0.238 e. The molecule has 21 heavy (non-hydrogen) atoms. The highest BCUT2D eigenvalue weighted by Crippen LogP contribution is 2.29. The zero-order valence-corrected chi connectivity index (χ0v) is 12.4. The third-order valence-corrected chi connectivity index (χ3v) is 3.88. The van der Waals surface area contributed by atoms with Crippen molar-refractivity contribution in [3.05, 3.63) is 30.3 Å². The number of carbonyl (C=O) groups is 1. The highest BCUT2D eigenvalue weighted by Gasteiger charge is 2.33. The van der Waals surface area contributed by atoms with Crippen molar-refractivity contribution in [2.45, 2.75) is 44.8 Å². The highest BCUT2D eigenvalue weighted by molar-refractivity contribution is 5.77. The third-order valence-electron chi connectivity index (χ3n) is 3.88. The van der Waals surface area contributed by atoms with Gasteiger partial charge in [0.05, 0.1) is 17.9 Å². The van der Waals surface area contributed by atoms with E-state index in [1.54, 1.807) is 0 Å². The lowest BCUT2D eigenvalue weighted by atomic mass is 9.82. The van der Waals surface area contributed by atoms with Crippen molar-refractivity contribution in [3.8, 4) is 0 Å². The van der Waals surface area contributed by atoms with Crippen molar-refractivity contribution in [2.24, 2.45) is 5.92 Å². The van der Waals surface area contributed by atoms with Crippen LogP contribution in [0.2, 0.25) is 0 Å². The Hall–Kier alpha value is -1.59. The normalized spacial score (nSPS) is 25.3. The number of nitrogens with one attached hydrogen (secondary N) is 2. The van der Waals surface area contributed by atoms with Crippen LogP contribution in [0, 0.1) is 5.92 Å². The number of para-hydroxylation sites is 1. The molecule has 0 radical (unpaired) electrons. The predicted molar refractivity (Wildman–Crippen MR) is 81.6 cm³/mol. The van der Waals surface area contributed by atoms with E-state index in [2.05, 4.69) is 10.9 Å². The molecule has 3 N–H and O–H groups in total. The Bertz CT molecular complexity index is 436. The number of hydrogen-bond acceptors (Lipinski definition) is 4. The van der Waals surface area contributed by atoms with Crippen LogP contribution >= 0.6 is 0 Å². The minimum Gasteiger partial charge on any atom is -0.390 e. The molecule has 3 atom stereocenters. The average Bonchev–Trinajstić information content (AvgIpc) is 2.50. The number of hydrazine groups is 1. The van der Waals surface area contributed by atoms with E-state index >= 15 is 0 Å². The van der Waals surface area contributed by atoms with Crippen LogP contribution in [0.15, 0.2) is 30.3 Å². The lowest BCUT2D eigenvalue weighted by Crippen LogP contribution is -2.42. The summed E-state index contributed by atoms with van der Waals surface area (Å²) in [6, 6.07) is 9.46. The van der Waals surface area contributed by atoms with Gasteiger partial charge >= 0.3 is 0 Å². The van der Waals surface area contributed by atoms with Crippen molar-refractivity contribution in [1.82, 2.24) is 5.43 Å². The van der Waals surface area contributed by atoms with Crippen molar-refractivity contribution < 1.29 is 14.6 Å². The Balaban J connectivity index is 1.79. The first kappa shape index (κ1) is 15.8. The third kappa shape index (κ3) is 4.72. The van der Waals surface area contributed by atoms with Gasteiger partial charge in [0.15, 0.2) is 0 Å². The number of aliphatic hydroxyl groups excluding tert-OH is 1. The molecule has 0 aromatic heterocycles. The van der Waals surface area contributed by atoms with Crippen LogP contribution in [0.25, 0.3) is 0 Å². The lowest BCUT2D eigenvalue weighted by Gasteiger charge is -2.34. The fraction of sp³-hybridized carbons (Fsp3) is 0.562. The molecule has 1 saturated carbocycles. The molecule has 0 saturated heterocycles. The van der Waals surface area contributed by atoms with E-state index in [1.165, 1.54) is 0 Å². The van der Waals surface area contributed by atoms with Crippen molar-refractivity contribution in [1.29, 1.82) is 0 Å². The first-order valence-corrected chi connectivity index (χ1v) is 7.60. The lowest BCUT2D eigenvalue weighted by molar-refractivity contribution is -0.126. The Morgan fingerprint density at radius 1 is 1.33 bits per heavy atom. The number of ether oxygens (including phenoxy) is 1. The van der Waals surface area contributed by atoms with Gasteiger partial charge in [-0.15, -0.1) is 0 Å². The largest absolute Gasteiger partial charge is 0.390 e. The van der Waals surface area contributed by atoms with E-state index in [0.29, 0.717) is 13.0 Å². The molecule has 0 heterocycles. The predicted octanol–water partition coefficient (Wildman–Crippen LogP) is 2.09. The fourth-order valence-electron chi connectivity index (χ4n) is 2.80. The second kappa shape index (κ2) is 8.00. The number of carbonyl (C=O) groups excluding carboxylic acids is 1. The summed E-state index contributed by atoms with van der Waals surface area (Å²) in [5.41, 5.74) is 6.38. The molecular formula is C16H24N2O3. The van der Waals surface area contributed by atoms with Gasteiger partial charge in [-0.25, -0.2) is 0 Å². The van der Waals surface area contributed by atoms with Crippen molar-refractivity contribution >= 4 is 11.6 Å². The van der Waals surface area contributed by atoms with Gasteiger partial charge < -0.3 is 9.84 Å². The van der Waals surface area contributed by atoms with Gasteiger partial charge in [-0.2, -0.15) is 0 Å². The summed E-state index contributed by atoms with van der Waals surface area (Å²) in [5.74, 6) is -0.145. The zero-order valence-electron chi connectivity index (χ0n) is 12.4. The number of amides is 1. The van der Waals surface area contributed by atoms with E-state index in [0.717, 1.165) is 24.9 Å². The minimum atomic E-state index is -0.554. The Morgan fingerprint density at radius 2 is 2.10 bits per heavy atom. The van der Waals surface area contributed by atoms with Crippen LogP contribution in [-0.2, 0) is 9.53 Å². The molecule has 0 bridgehead atoms. The summed E-state index contributed by atoms with van der Waals surface area (Å²) < 4.78 is 5.54. The van der Waals surface area contributed by atoms with Gasteiger partial charge in [0, 0.05) is 13.0 Å². The monoisotopic (exact) mass is 292 g/mol. The standard InChI is InChI=1S/C16H24N2O3/c1-2-21-14-10-6-7-12(16(14)20)11-15(19)18-17-13-8-4-3-5-9-13/h3-5,8-9,12,14,16-17,20H,2,6-7,10-11H2,1H3,(H,18,19)/t12-,14+,16-/m0/s1. The van der Waals surface area contributed by atoms with E-state index in [1.807, 2.05) is 37.3 Å². The van der Waals surface area contributed by atoms with Crippen molar-refractivity contribution in [3.63, 3.8) is 0 Å². The molecule has 0 spiro atoms. The Morgan fingerprint density at radius 3 is 2.81 bits per heavy atom. The van der Waals surface area contributed by atoms with Crippen molar-refractivity contribution in [2.75, 3.05) is 12.0 Å². The van der Waals surface area contributed by atoms with Gasteiger partial charge in [0.2, 0.25) is 5.91 Å². The molecule has 1 aliphatic rings. The molecule has 1 aromatic carbocycles. The summed E-state index contributed by atoms with van der Waals surface area (Å²) in [6.07, 6.45) is 2.35. The maximum absolute atomic E-state index is 12.0. The second-order valence-electron chi connectivity index (χ2n) is 5.42. The molecule has 5 nitrogen and oxygen atoms in total. The van der Waals surface area contributed by atoms with Gasteiger partial charge in [-0.1, -0.05) is 24.6 Å². The first-order valence-electron chi connectivity index (χ1n) is 7.60. The Labute approximate surface area is 125 Å². The topological polar surface area (TPSA) is 70.6 Å². The molecule has 116 valence electrons. The molecule has 1 aliphatic carbocycles. The number of hydrogen-bond donors (Lipinski definition) is 3. The number of benzene rings is 1. The molecular weight excluding hydrogens is 268 g/mol. The van der Waals surface area contributed by atoms with E-state index < -0.39 is 6.10 Å². The summed E-state index contributed by atoms with van der Waals surface area (Å²) >= 11 is 0. The molecule has 0 aliphatic heterocycles. The zero-order chi connectivity index (χ0) is 15.1. The van der Waals surface area contributed by atoms with Crippen LogP contribution in [0.4, 0.5) is 5.69 Å². The van der Waals surface area contributed by atoms with Gasteiger partial charge in [0.25, 0.3) is 0 Å². The fourth-order valence-corrected chi connectivity index (χ4v) is 2.80. The smallest absolute Gasteiger partial charge is 0.238 e. The summed E-state index contributed by atoms with van der Waals surface area (Å²) in [7, 11) is 0. The number of aliphatic hydroxyl groups is 1. The second-order valence-corrected chi connectivity index (χ2v) is 5.42. The summed E-state index contributed by atoms with van der Waals surface area (Å²) in [6.45, 7) is 2.52. The van der Waals surface area contributed by atoms with Gasteiger partial charge in [-0.3, -0.25) is 15.6 Å². The molecule has 1 amide bonds. The molecule has 5 heteroatoms. The van der Waals surface area contributed by atoms with E-state index in [-0.39, 0.29) is 17.9 Å². The van der Waals surface area contributed by atoms with E-state index in [9.17, 15) is 9.90 Å². The molecule has 1 aromatic rings. The highest BCUT2D eigenvalue weighted by atomic mass is 16.5. The van der Waals surface area contributed by atoms with E-state index in [4.69, 9.17) is 4.74 Å². The Kier molecular flexibility index (Phi) is 6.02. The first-order chi connectivity index (χ1) is 10.2. The van der Waals surface area contributed by atoms with Crippen LogP contribution in [0.5, 0.6) is 0 Å². The molecule has 0 unspecified atom stereocenters. The van der Waals surface area contributed by atoms with Crippen LogP contribution in [0.3, 0.4) is 0 Å². The SMILES string of the molecule is CCO[C@@H]1CCC[C@@H](CC(=O)NNc2ccccc2)[C@@H]1O. The average molecular weight is 292 g/mol. The van der Waals surface area contributed by atoms with Crippen LogP contribution < -0.4 is 10.9 Å². The molecule has 2 rings (SSSR count). The van der Waals surface area contributed by atoms with Gasteiger partial charge in [-0.05, 0) is 37.8 Å². The number of rotatable bonds is 6. The van der Waals surface area contributed by atoms with Crippen LogP contribution in [0.1, 0.15) is 32.6 Å². The molecule has 1 fully saturated rings. The minimum absolute atomic E-state index is 0.0344.